The minimum absolute atomic E-state index is 0.116. The summed E-state index contributed by atoms with van der Waals surface area (Å²) < 4.78 is 13.4. The highest BCUT2D eigenvalue weighted by molar-refractivity contribution is 5.93. The maximum Gasteiger partial charge on any atom is 0.410 e. The molecule has 4 heterocycles. The number of anilines is 3. The number of nitrogens with zero attached hydrogens (tertiary/aromatic N) is 7. The van der Waals surface area contributed by atoms with Gasteiger partial charge in [0, 0.05) is 54.7 Å². The Morgan fingerprint density at radius 2 is 1.86 bits per heavy atom. The number of aromatic nitrogens is 5. The molecule has 11 heteroatoms. The second-order valence-electron chi connectivity index (χ2n) is 11.5. The predicted octanol–water partition coefficient (Wildman–Crippen LogP) is 5.96. The van der Waals surface area contributed by atoms with Crippen molar-refractivity contribution in [3.8, 4) is 11.5 Å². The van der Waals surface area contributed by atoms with Gasteiger partial charge in [0.1, 0.15) is 35.6 Å². The van der Waals surface area contributed by atoms with Crippen molar-refractivity contribution in [1.29, 1.82) is 0 Å². The number of rotatable bonds is 5. The molecule has 1 N–H and O–H groups in total. The van der Waals surface area contributed by atoms with Crippen molar-refractivity contribution in [3.05, 3.63) is 72.9 Å². The highest BCUT2D eigenvalue weighted by atomic mass is 16.6. The standard InChI is InChI=1S/C31H34N8O3/c1-20-14-22(6-9-27(20)41-24-10-11-39-28(16-24)33-19-35-39)36-29-25-15-23(7-8-26(25)32-18-34-29)38-13-12-37(17-21(38)2)30(40)42-31(3,4)5/h6-11,14-16,18-19,21H,12-13,17H2,1-5H3,(H,32,34,36)/t21-/m0/s1. The number of carbonyl (C=O) groups excluding carboxylic acids is 1. The fourth-order valence-corrected chi connectivity index (χ4v) is 5.12. The molecule has 0 bridgehead atoms. The van der Waals surface area contributed by atoms with E-state index in [2.05, 4.69) is 49.3 Å². The summed E-state index contributed by atoms with van der Waals surface area (Å²) in [4.78, 5) is 30.0. The van der Waals surface area contributed by atoms with Gasteiger partial charge < -0.3 is 24.6 Å². The number of hydrogen-bond donors (Lipinski definition) is 1. The van der Waals surface area contributed by atoms with Gasteiger partial charge in [-0.1, -0.05) is 0 Å². The molecule has 3 aromatic heterocycles. The number of carbonyl (C=O) groups is 1. The van der Waals surface area contributed by atoms with E-state index in [1.54, 1.807) is 15.7 Å². The zero-order chi connectivity index (χ0) is 29.4. The molecule has 0 aliphatic carbocycles. The number of fused-ring (bicyclic) bond motifs is 2. The van der Waals surface area contributed by atoms with Crippen molar-refractivity contribution in [1.82, 2.24) is 29.5 Å². The normalized spacial score (nSPS) is 15.7. The Bertz CT molecular complexity index is 1760. The molecule has 1 saturated heterocycles. The van der Waals surface area contributed by atoms with Gasteiger partial charge in [0.15, 0.2) is 5.65 Å². The first-order valence-electron chi connectivity index (χ1n) is 14.0. The quantitative estimate of drug-likeness (QED) is 0.275. The molecule has 0 unspecified atom stereocenters. The Kier molecular flexibility index (Phi) is 7.01. The second-order valence-corrected chi connectivity index (χ2v) is 11.5. The Morgan fingerprint density at radius 1 is 1.00 bits per heavy atom. The molecule has 0 spiro atoms. The van der Waals surface area contributed by atoms with Crippen LogP contribution >= 0.6 is 0 Å². The number of aryl methyl sites for hydroxylation is 1. The number of amides is 1. The van der Waals surface area contributed by atoms with Crippen molar-refractivity contribution in [2.24, 2.45) is 0 Å². The Balaban J connectivity index is 1.19. The predicted molar refractivity (Wildman–Crippen MR) is 162 cm³/mol. The molecule has 1 atom stereocenters. The lowest BCUT2D eigenvalue weighted by Crippen LogP contribution is -2.54. The van der Waals surface area contributed by atoms with Crippen molar-refractivity contribution >= 4 is 39.8 Å². The lowest BCUT2D eigenvalue weighted by Gasteiger charge is -2.41. The molecular formula is C31H34N8O3. The van der Waals surface area contributed by atoms with Gasteiger partial charge in [-0.3, -0.25) is 0 Å². The summed E-state index contributed by atoms with van der Waals surface area (Å²) in [6, 6.07) is 16.0. The zero-order valence-corrected chi connectivity index (χ0v) is 24.4. The van der Waals surface area contributed by atoms with Crippen LogP contribution in [-0.4, -0.2) is 66.8 Å². The first-order chi connectivity index (χ1) is 20.1. The SMILES string of the molecule is Cc1cc(Nc2ncnc3ccc(N4CCN(C(=O)OC(C)(C)C)C[C@@H]4C)cc23)ccc1Oc1ccn2ncnc2c1. The third-order valence-corrected chi connectivity index (χ3v) is 7.15. The van der Waals surface area contributed by atoms with E-state index in [1.807, 2.05) is 70.3 Å². The van der Waals surface area contributed by atoms with Crippen molar-refractivity contribution in [3.63, 3.8) is 0 Å². The molecule has 5 aromatic rings. The molecule has 0 saturated carbocycles. The van der Waals surface area contributed by atoms with Gasteiger partial charge in [0.05, 0.1) is 5.52 Å². The molecule has 1 aliphatic rings. The number of nitrogens with one attached hydrogen (secondary N) is 1. The van der Waals surface area contributed by atoms with E-state index in [-0.39, 0.29) is 12.1 Å². The van der Waals surface area contributed by atoms with Gasteiger partial charge >= 0.3 is 6.09 Å². The van der Waals surface area contributed by atoms with Gasteiger partial charge in [-0.25, -0.2) is 24.3 Å². The minimum atomic E-state index is -0.515. The number of piperazine rings is 1. The van der Waals surface area contributed by atoms with Crippen LogP contribution in [0.5, 0.6) is 11.5 Å². The van der Waals surface area contributed by atoms with Crippen LogP contribution in [0, 0.1) is 6.92 Å². The van der Waals surface area contributed by atoms with Crippen LogP contribution in [0.4, 0.5) is 22.0 Å². The van der Waals surface area contributed by atoms with Gasteiger partial charge in [-0.2, -0.15) is 5.10 Å². The first-order valence-corrected chi connectivity index (χ1v) is 14.0. The molecular weight excluding hydrogens is 532 g/mol. The Morgan fingerprint density at radius 3 is 2.64 bits per heavy atom. The number of benzene rings is 2. The lowest BCUT2D eigenvalue weighted by molar-refractivity contribution is 0.0219. The highest BCUT2D eigenvalue weighted by Gasteiger charge is 2.30. The molecule has 11 nitrogen and oxygen atoms in total. The largest absolute Gasteiger partial charge is 0.457 e. The fraction of sp³-hybridized carbons (Fsp3) is 0.323. The molecule has 1 amide bonds. The molecule has 0 radical (unpaired) electrons. The maximum atomic E-state index is 12.6. The summed E-state index contributed by atoms with van der Waals surface area (Å²) in [6.45, 7) is 11.7. The minimum Gasteiger partial charge on any atom is -0.457 e. The molecule has 216 valence electrons. The lowest BCUT2D eigenvalue weighted by atomic mass is 10.1. The molecule has 1 aliphatic heterocycles. The third-order valence-electron chi connectivity index (χ3n) is 7.15. The summed E-state index contributed by atoms with van der Waals surface area (Å²) in [7, 11) is 0. The summed E-state index contributed by atoms with van der Waals surface area (Å²) in [5, 5.41) is 8.50. The van der Waals surface area contributed by atoms with E-state index >= 15 is 0 Å². The van der Waals surface area contributed by atoms with Crippen LogP contribution in [0.1, 0.15) is 33.3 Å². The highest BCUT2D eigenvalue weighted by Crippen LogP contribution is 2.32. The van der Waals surface area contributed by atoms with E-state index in [0.29, 0.717) is 31.2 Å². The van der Waals surface area contributed by atoms with Crippen LogP contribution in [0.25, 0.3) is 16.6 Å². The summed E-state index contributed by atoms with van der Waals surface area (Å²) in [5.41, 5.74) is 3.96. The van der Waals surface area contributed by atoms with Gasteiger partial charge in [-0.05, 0) is 82.6 Å². The zero-order valence-electron chi connectivity index (χ0n) is 24.4. The summed E-state index contributed by atoms with van der Waals surface area (Å²) >= 11 is 0. The smallest absolute Gasteiger partial charge is 0.410 e. The first kappa shape index (κ1) is 27.3. The monoisotopic (exact) mass is 566 g/mol. The van der Waals surface area contributed by atoms with E-state index in [4.69, 9.17) is 9.47 Å². The number of pyridine rings is 1. The second kappa shape index (κ2) is 10.8. The van der Waals surface area contributed by atoms with Crippen molar-refractivity contribution < 1.29 is 14.3 Å². The topological polar surface area (TPSA) is 110 Å². The molecule has 6 rings (SSSR count). The third kappa shape index (κ3) is 5.76. The van der Waals surface area contributed by atoms with Gasteiger partial charge in [0.25, 0.3) is 0 Å². The van der Waals surface area contributed by atoms with Gasteiger partial charge in [-0.15, -0.1) is 0 Å². The van der Waals surface area contributed by atoms with Gasteiger partial charge in [0.2, 0.25) is 0 Å². The molecule has 1 fully saturated rings. The van der Waals surface area contributed by atoms with Crippen LogP contribution in [0.15, 0.2) is 67.4 Å². The van der Waals surface area contributed by atoms with Crippen LogP contribution < -0.4 is 15.0 Å². The van der Waals surface area contributed by atoms with Crippen molar-refractivity contribution in [2.45, 2.75) is 46.3 Å². The molecule has 42 heavy (non-hydrogen) atoms. The number of ether oxygens (including phenoxy) is 2. The summed E-state index contributed by atoms with van der Waals surface area (Å²) in [5.74, 6) is 2.15. The van der Waals surface area contributed by atoms with Crippen LogP contribution in [-0.2, 0) is 4.74 Å². The Hall–Kier alpha value is -4.93. The number of hydrogen-bond acceptors (Lipinski definition) is 9. The average molecular weight is 567 g/mol. The van der Waals surface area contributed by atoms with E-state index in [1.165, 1.54) is 6.33 Å². The summed E-state index contributed by atoms with van der Waals surface area (Å²) in [6.07, 6.45) is 4.63. The van der Waals surface area contributed by atoms with Crippen LogP contribution in [0.2, 0.25) is 0 Å². The van der Waals surface area contributed by atoms with Crippen LogP contribution in [0.3, 0.4) is 0 Å². The van der Waals surface area contributed by atoms with E-state index in [0.717, 1.165) is 39.2 Å². The Labute approximate surface area is 244 Å². The van der Waals surface area contributed by atoms with E-state index in [9.17, 15) is 4.79 Å². The maximum absolute atomic E-state index is 12.6. The molecule has 2 aromatic carbocycles. The average Bonchev–Trinajstić information content (AvgIpc) is 3.42. The fourth-order valence-electron chi connectivity index (χ4n) is 5.12. The van der Waals surface area contributed by atoms with Crippen molar-refractivity contribution in [2.75, 3.05) is 29.9 Å². The van der Waals surface area contributed by atoms with E-state index < -0.39 is 5.60 Å².